The highest BCUT2D eigenvalue weighted by Gasteiger charge is 2.48. The molecule has 6 heteroatoms. The minimum Gasteiger partial charge on any atom is -0.371 e. The van der Waals surface area contributed by atoms with Gasteiger partial charge in [-0.2, -0.15) is 0 Å². The zero-order chi connectivity index (χ0) is 20.3. The molecule has 0 bridgehead atoms. The number of ether oxygens (including phenoxy) is 1. The molecule has 2 aromatic rings. The van der Waals surface area contributed by atoms with E-state index in [2.05, 4.69) is 5.32 Å². The first kappa shape index (κ1) is 19.5. The van der Waals surface area contributed by atoms with Crippen LogP contribution in [0.5, 0.6) is 0 Å². The second-order valence-corrected chi connectivity index (χ2v) is 7.77. The molecule has 0 aliphatic carbocycles. The molecule has 1 N–H and O–H groups in total. The van der Waals surface area contributed by atoms with Crippen molar-refractivity contribution in [1.82, 2.24) is 4.90 Å². The molecule has 2 aliphatic heterocycles. The third kappa shape index (κ3) is 4.27. The van der Waals surface area contributed by atoms with E-state index in [4.69, 9.17) is 4.74 Å². The van der Waals surface area contributed by atoms with Crippen molar-refractivity contribution < 1.29 is 14.3 Å². The maximum atomic E-state index is 12.7. The second kappa shape index (κ2) is 8.25. The Hall–Kier alpha value is -2.86. The van der Waals surface area contributed by atoms with Crippen LogP contribution in [0.25, 0.3) is 0 Å². The first-order chi connectivity index (χ1) is 14.1. The van der Waals surface area contributed by atoms with Gasteiger partial charge in [0.15, 0.2) is 0 Å². The number of hydrogen-bond acceptors (Lipinski definition) is 3. The molecular formula is C23H27N3O3. The van der Waals surface area contributed by atoms with Gasteiger partial charge in [0, 0.05) is 24.5 Å². The van der Waals surface area contributed by atoms with Crippen molar-refractivity contribution >= 4 is 23.3 Å². The van der Waals surface area contributed by atoms with Crippen molar-refractivity contribution in [2.45, 2.75) is 31.8 Å². The van der Waals surface area contributed by atoms with Crippen molar-refractivity contribution in [3.05, 3.63) is 60.2 Å². The van der Waals surface area contributed by atoms with Crippen LogP contribution in [-0.2, 0) is 16.0 Å². The van der Waals surface area contributed by atoms with Crippen LogP contribution in [0.15, 0.2) is 54.6 Å². The van der Waals surface area contributed by atoms with Crippen LogP contribution in [0, 0.1) is 0 Å². The van der Waals surface area contributed by atoms with Crippen molar-refractivity contribution in [1.29, 1.82) is 0 Å². The fourth-order valence-electron chi connectivity index (χ4n) is 4.09. The summed E-state index contributed by atoms with van der Waals surface area (Å²) in [5, 5.41) is 2.93. The lowest BCUT2D eigenvalue weighted by Crippen LogP contribution is -2.63. The van der Waals surface area contributed by atoms with Crippen LogP contribution in [0.2, 0.25) is 0 Å². The molecule has 0 atom stereocenters. The van der Waals surface area contributed by atoms with E-state index in [0.717, 1.165) is 36.4 Å². The van der Waals surface area contributed by atoms with Gasteiger partial charge in [-0.15, -0.1) is 0 Å². The molecule has 0 saturated carbocycles. The molecule has 0 aromatic heterocycles. The molecule has 6 nitrogen and oxygen atoms in total. The fraction of sp³-hybridized carbons (Fsp3) is 0.391. The first-order valence-electron chi connectivity index (χ1n) is 10.2. The zero-order valence-corrected chi connectivity index (χ0v) is 16.8. The number of hydrogen-bond donors (Lipinski definition) is 1. The Morgan fingerprint density at radius 2 is 1.83 bits per heavy atom. The molecule has 2 saturated heterocycles. The quantitative estimate of drug-likeness (QED) is 0.843. The van der Waals surface area contributed by atoms with Crippen molar-refractivity contribution in [3.63, 3.8) is 0 Å². The Balaban J connectivity index is 1.31. The molecule has 29 heavy (non-hydrogen) atoms. The van der Waals surface area contributed by atoms with Gasteiger partial charge in [0.05, 0.1) is 19.5 Å². The van der Waals surface area contributed by atoms with Crippen molar-refractivity contribution in [2.24, 2.45) is 0 Å². The van der Waals surface area contributed by atoms with Crippen LogP contribution in [0.1, 0.15) is 25.3 Å². The third-order valence-corrected chi connectivity index (χ3v) is 5.68. The number of para-hydroxylation sites is 1. The molecule has 0 radical (unpaired) electrons. The molecular weight excluding hydrogens is 366 g/mol. The molecule has 152 valence electrons. The number of rotatable bonds is 5. The van der Waals surface area contributed by atoms with Crippen LogP contribution in [0.4, 0.5) is 16.2 Å². The summed E-state index contributed by atoms with van der Waals surface area (Å²) >= 11 is 0. The van der Waals surface area contributed by atoms with Crippen LogP contribution in [0.3, 0.4) is 0 Å². The van der Waals surface area contributed by atoms with E-state index >= 15 is 0 Å². The number of benzene rings is 2. The first-order valence-corrected chi connectivity index (χ1v) is 10.2. The minimum atomic E-state index is -0.101. The van der Waals surface area contributed by atoms with Gasteiger partial charge in [-0.05, 0) is 49.6 Å². The summed E-state index contributed by atoms with van der Waals surface area (Å²) in [6.07, 6.45) is 2.44. The average molecular weight is 393 g/mol. The number of amides is 3. The van der Waals surface area contributed by atoms with E-state index in [9.17, 15) is 9.59 Å². The second-order valence-electron chi connectivity index (χ2n) is 7.77. The molecule has 2 aromatic carbocycles. The number of carbonyl (C=O) groups is 2. The largest absolute Gasteiger partial charge is 0.371 e. The van der Waals surface area contributed by atoms with Crippen LogP contribution < -0.4 is 10.2 Å². The number of anilines is 2. The van der Waals surface area contributed by atoms with Gasteiger partial charge in [-0.25, -0.2) is 4.79 Å². The highest BCUT2D eigenvalue weighted by molar-refractivity contribution is 5.95. The summed E-state index contributed by atoms with van der Waals surface area (Å²) in [6, 6.07) is 17.1. The van der Waals surface area contributed by atoms with Gasteiger partial charge < -0.3 is 19.9 Å². The number of nitrogens with zero attached hydrogens (tertiary/aromatic N) is 2. The Morgan fingerprint density at radius 1 is 1.10 bits per heavy atom. The lowest BCUT2D eigenvalue weighted by atomic mass is 9.91. The Morgan fingerprint density at radius 3 is 2.45 bits per heavy atom. The number of likely N-dealkylation sites (N-methyl/N-ethyl adjacent to an activating group) is 1. The Bertz CT molecular complexity index is 853. The average Bonchev–Trinajstić information content (AvgIpc) is 3.20. The molecule has 2 aliphatic rings. The lowest BCUT2D eigenvalue weighted by Gasteiger charge is -2.46. The smallest absolute Gasteiger partial charge is 0.322 e. The summed E-state index contributed by atoms with van der Waals surface area (Å²) < 4.78 is 5.76. The molecule has 2 fully saturated rings. The maximum Gasteiger partial charge on any atom is 0.322 e. The van der Waals surface area contributed by atoms with E-state index < -0.39 is 0 Å². The van der Waals surface area contributed by atoms with Crippen LogP contribution in [-0.4, -0.2) is 48.7 Å². The maximum absolute atomic E-state index is 12.7. The molecule has 1 spiro atoms. The van der Waals surface area contributed by atoms with Gasteiger partial charge in [0.1, 0.15) is 5.60 Å². The van der Waals surface area contributed by atoms with Crippen molar-refractivity contribution in [2.75, 3.05) is 36.5 Å². The summed E-state index contributed by atoms with van der Waals surface area (Å²) in [5.41, 5.74) is 2.47. The summed E-state index contributed by atoms with van der Waals surface area (Å²) in [4.78, 5) is 28.6. The lowest BCUT2D eigenvalue weighted by molar-refractivity contribution is -0.117. The molecule has 3 amide bonds. The number of nitrogens with one attached hydrogen (secondary N) is 1. The summed E-state index contributed by atoms with van der Waals surface area (Å²) in [7, 11) is 0. The van der Waals surface area contributed by atoms with E-state index in [1.807, 2.05) is 61.5 Å². The minimum absolute atomic E-state index is 0.0536. The van der Waals surface area contributed by atoms with Gasteiger partial charge in [-0.3, -0.25) is 4.79 Å². The van der Waals surface area contributed by atoms with Gasteiger partial charge in [0.2, 0.25) is 5.91 Å². The number of carbonyl (C=O) groups excluding carboxylic acids is 2. The Kier molecular flexibility index (Phi) is 5.53. The fourth-order valence-corrected chi connectivity index (χ4v) is 4.09. The van der Waals surface area contributed by atoms with Gasteiger partial charge in [0.25, 0.3) is 0 Å². The molecule has 0 unspecified atom stereocenters. The van der Waals surface area contributed by atoms with E-state index in [-0.39, 0.29) is 17.5 Å². The zero-order valence-electron chi connectivity index (χ0n) is 16.8. The highest BCUT2D eigenvalue weighted by atomic mass is 16.5. The summed E-state index contributed by atoms with van der Waals surface area (Å²) in [6.45, 7) is 4.73. The van der Waals surface area contributed by atoms with Crippen molar-refractivity contribution in [3.8, 4) is 0 Å². The van der Waals surface area contributed by atoms with Crippen LogP contribution >= 0.6 is 0 Å². The van der Waals surface area contributed by atoms with E-state index in [1.165, 1.54) is 0 Å². The molecule has 2 heterocycles. The normalized spacial score (nSPS) is 17.1. The predicted molar refractivity (Wildman–Crippen MR) is 113 cm³/mol. The monoisotopic (exact) mass is 393 g/mol. The van der Waals surface area contributed by atoms with E-state index in [0.29, 0.717) is 26.1 Å². The molecule has 4 rings (SSSR count). The van der Waals surface area contributed by atoms with E-state index in [1.54, 1.807) is 9.80 Å². The number of likely N-dealkylation sites (tertiary alicyclic amines) is 1. The van der Waals surface area contributed by atoms with Gasteiger partial charge >= 0.3 is 6.03 Å². The summed E-state index contributed by atoms with van der Waals surface area (Å²) in [5.74, 6) is 0.0536. The predicted octanol–water partition coefficient (Wildman–Crippen LogP) is 3.68. The third-order valence-electron chi connectivity index (χ3n) is 5.68. The Labute approximate surface area is 171 Å². The standard InChI is InChI=1S/C23H27N3O3/c1-2-26(20-7-4-3-5-8-20)21(27)15-18-9-11-19(12-10-18)24-22(28)25-16-23(17-25)13-6-14-29-23/h3-5,7-12H,2,6,13-17H2,1H3,(H,24,28). The highest BCUT2D eigenvalue weighted by Crippen LogP contribution is 2.35. The number of urea groups is 1. The SMILES string of the molecule is CCN(C(=O)Cc1ccc(NC(=O)N2CC3(CCCO3)C2)cc1)c1ccccc1. The topological polar surface area (TPSA) is 61.9 Å². The van der Waals surface area contributed by atoms with Gasteiger partial charge in [-0.1, -0.05) is 30.3 Å².